The maximum atomic E-state index is 4.32. The molecule has 0 saturated heterocycles. The minimum absolute atomic E-state index is 0.640. The second kappa shape index (κ2) is 13.7. The molecule has 45 heavy (non-hydrogen) atoms. The largest absolute Gasteiger partial charge is 0.369 e. The Morgan fingerprint density at radius 1 is 1.09 bits per heavy atom. The van der Waals surface area contributed by atoms with Crippen molar-refractivity contribution < 1.29 is 0 Å². The van der Waals surface area contributed by atoms with Gasteiger partial charge in [0.1, 0.15) is 6.33 Å². The van der Waals surface area contributed by atoms with Gasteiger partial charge in [-0.25, -0.2) is 4.31 Å². The van der Waals surface area contributed by atoms with E-state index in [1.165, 1.54) is 71.0 Å². The number of nitrogens with zero attached hydrogens (tertiary/aromatic N) is 6. The predicted octanol–water partition coefficient (Wildman–Crippen LogP) is 8.26. The Bertz CT molecular complexity index is 1720. The first-order valence-electron chi connectivity index (χ1n) is 16.4. The number of aryl methyl sites for hydroxylation is 1. The molecular weight excluding hydrogens is 575 g/mol. The summed E-state index contributed by atoms with van der Waals surface area (Å²) in [6.07, 6.45) is 13.8. The van der Waals surface area contributed by atoms with Gasteiger partial charge in [-0.2, -0.15) is 0 Å². The van der Waals surface area contributed by atoms with Crippen LogP contribution in [0.4, 0.5) is 0 Å². The van der Waals surface area contributed by atoms with E-state index in [-0.39, 0.29) is 0 Å². The number of nitrogens with one attached hydrogen (secondary N) is 1. The second-order valence-electron chi connectivity index (χ2n) is 12.8. The molecule has 8 heteroatoms. The highest BCUT2D eigenvalue weighted by molar-refractivity contribution is 7.95. The van der Waals surface area contributed by atoms with Gasteiger partial charge in [0.05, 0.1) is 12.2 Å². The third-order valence-corrected chi connectivity index (χ3v) is 10.0. The Morgan fingerprint density at radius 3 is 2.67 bits per heavy atom. The molecule has 0 atom stereocenters. The van der Waals surface area contributed by atoms with Crippen LogP contribution < -0.4 is 4.72 Å². The zero-order valence-corrected chi connectivity index (χ0v) is 28.2. The third-order valence-electron chi connectivity index (χ3n) is 9.33. The zero-order valence-electron chi connectivity index (χ0n) is 27.4. The van der Waals surface area contributed by atoms with Crippen LogP contribution in [0, 0.1) is 0 Å². The molecule has 4 heterocycles. The number of fused-ring (bicyclic) bond motifs is 6. The third kappa shape index (κ3) is 6.63. The Labute approximate surface area is 273 Å². The van der Waals surface area contributed by atoms with E-state index >= 15 is 0 Å². The minimum Gasteiger partial charge on any atom is -0.369 e. The van der Waals surface area contributed by atoms with Gasteiger partial charge in [0.15, 0.2) is 5.82 Å². The standard InChI is InChI=1S/C30H37N3S.C7H10N4/c1-6-22-12-14-26-25(17-22)16-20(2)19-33-28-18-24(21(3)31-34-32(4)5)13-15-27(28)29(30(26)33)23-10-8-7-9-11-23;1-2-10-3-4-11-6-8-9-7(11)5-10/h12-18,23,31H,3,6-11,19H2,1-2,4-5H3;2,6H,1,3-5H2. The van der Waals surface area contributed by atoms with Crippen LogP contribution >= 0.6 is 12.1 Å². The molecule has 1 aliphatic carbocycles. The highest BCUT2D eigenvalue weighted by Gasteiger charge is 2.29. The number of hydrogen-bond donors (Lipinski definition) is 1. The van der Waals surface area contributed by atoms with Gasteiger partial charge in [0.2, 0.25) is 0 Å². The lowest BCUT2D eigenvalue weighted by Crippen LogP contribution is -2.29. The summed E-state index contributed by atoms with van der Waals surface area (Å²) in [5, 5.41) is 9.23. The highest BCUT2D eigenvalue weighted by Crippen LogP contribution is 2.46. The van der Waals surface area contributed by atoms with Crippen LogP contribution in [0.25, 0.3) is 33.9 Å². The van der Waals surface area contributed by atoms with Crippen molar-refractivity contribution in [2.75, 3.05) is 20.6 Å². The lowest BCUT2D eigenvalue weighted by atomic mass is 9.81. The molecule has 7 nitrogen and oxygen atoms in total. The lowest BCUT2D eigenvalue weighted by Gasteiger charge is -2.24. The quantitative estimate of drug-likeness (QED) is 0.210. The van der Waals surface area contributed by atoms with Crippen molar-refractivity contribution in [1.82, 2.24) is 33.3 Å². The van der Waals surface area contributed by atoms with Gasteiger partial charge in [-0.05, 0) is 80.7 Å². The van der Waals surface area contributed by atoms with E-state index in [1.54, 1.807) is 24.0 Å². The number of rotatable bonds is 7. The normalized spacial score (nSPS) is 16.2. The summed E-state index contributed by atoms with van der Waals surface area (Å²) in [7, 11) is 4.07. The molecule has 236 valence electrons. The molecule has 0 bridgehead atoms. The van der Waals surface area contributed by atoms with Gasteiger partial charge in [-0.1, -0.05) is 81.3 Å². The van der Waals surface area contributed by atoms with E-state index in [2.05, 4.69) is 98.4 Å². The first-order valence-corrected chi connectivity index (χ1v) is 17.1. The van der Waals surface area contributed by atoms with E-state index in [0.717, 1.165) is 49.7 Å². The summed E-state index contributed by atoms with van der Waals surface area (Å²) in [4.78, 5) is 2.13. The number of hydrogen-bond acceptors (Lipinski definition) is 6. The van der Waals surface area contributed by atoms with Crippen molar-refractivity contribution >= 4 is 34.8 Å². The fourth-order valence-corrected chi connectivity index (χ4v) is 7.41. The van der Waals surface area contributed by atoms with Crippen molar-refractivity contribution in [3.05, 3.63) is 95.7 Å². The molecule has 4 aromatic rings. The lowest BCUT2D eigenvalue weighted by molar-refractivity contribution is 0.298. The van der Waals surface area contributed by atoms with Crippen LogP contribution in [0.15, 0.2) is 67.7 Å². The van der Waals surface area contributed by atoms with Crippen molar-refractivity contribution in [3.63, 3.8) is 0 Å². The molecule has 0 radical (unpaired) electrons. The zero-order chi connectivity index (χ0) is 31.5. The fourth-order valence-electron chi connectivity index (χ4n) is 7.00. The maximum absolute atomic E-state index is 4.32. The van der Waals surface area contributed by atoms with Gasteiger partial charge >= 0.3 is 0 Å². The SMILES string of the molecule is C=C(NSN(C)C)c1ccc2c(C3CCCCC3)c3n(c2c1)CC(C)=Cc1cc(CC)ccc1-3.C=CN1CCn2cnnc2C1. The van der Waals surface area contributed by atoms with Crippen LogP contribution in [0.5, 0.6) is 0 Å². The second-order valence-corrected chi connectivity index (χ2v) is 13.9. The average Bonchev–Trinajstić information content (AvgIpc) is 3.62. The molecule has 0 spiro atoms. The Balaban J connectivity index is 0.000000272. The van der Waals surface area contributed by atoms with Gasteiger partial charge in [-0.15, -0.1) is 10.2 Å². The molecule has 1 saturated carbocycles. The molecule has 1 N–H and O–H groups in total. The van der Waals surface area contributed by atoms with Gasteiger partial charge in [-0.3, -0.25) is 0 Å². The van der Waals surface area contributed by atoms with E-state index in [9.17, 15) is 0 Å². The molecule has 0 unspecified atom stereocenters. The maximum Gasteiger partial charge on any atom is 0.152 e. The highest BCUT2D eigenvalue weighted by atomic mass is 32.2. The molecule has 3 aliphatic rings. The Morgan fingerprint density at radius 2 is 1.91 bits per heavy atom. The summed E-state index contributed by atoms with van der Waals surface area (Å²) >= 11 is 1.56. The summed E-state index contributed by atoms with van der Waals surface area (Å²) < 4.78 is 10.1. The van der Waals surface area contributed by atoms with E-state index in [4.69, 9.17) is 0 Å². The summed E-state index contributed by atoms with van der Waals surface area (Å²) in [5.41, 5.74) is 12.1. The van der Waals surface area contributed by atoms with Crippen molar-refractivity contribution in [1.29, 1.82) is 0 Å². The summed E-state index contributed by atoms with van der Waals surface area (Å²) in [6, 6.07) is 14.1. The van der Waals surface area contributed by atoms with Crippen molar-refractivity contribution in [2.24, 2.45) is 0 Å². The average molecular weight is 622 g/mol. The Hall–Kier alpha value is -3.75. The van der Waals surface area contributed by atoms with Crippen LogP contribution in [-0.4, -0.2) is 49.2 Å². The van der Waals surface area contributed by atoms with E-state index in [0.29, 0.717) is 5.92 Å². The minimum atomic E-state index is 0.640. The monoisotopic (exact) mass is 621 g/mol. The molecule has 0 amide bonds. The molecule has 1 fully saturated rings. The first-order chi connectivity index (χ1) is 21.9. The van der Waals surface area contributed by atoms with Gasteiger partial charge in [0, 0.05) is 53.9 Å². The van der Waals surface area contributed by atoms with Gasteiger partial charge in [0.25, 0.3) is 0 Å². The van der Waals surface area contributed by atoms with Crippen molar-refractivity contribution in [2.45, 2.75) is 77.9 Å². The van der Waals surface area contributed by atoms with E-state index in [1.807, 2.05) is 24.6 Å². The van der Waals surface area contributed by atoms with Gasteiger partial charge < -0.3 is 18.8 Å². The van der Waals surface area contributed by atoms with Crippen LogP contribution in [0.3, 0.4) is 0 Å². The Kier molecular flexibility index (Phi) is 9.52. The predicted molar refractivity (Wildman–Crippen MR) is 190 cm³/mol. The number of benzene rings is 2. The van der Waals surface area contributed by atoms with E-state index < -0.39 is 0 Å². The summed E-state index contributed by atoms with van der Waals surface area (Å²) in [5.74, 6) is 1.66. The first kappa shape index (κ1) is 31.2. The number of aromatic nitrogens is 4. The molecule has 2 aromatic heterocycles. The topological polar surface area (TPSA) is 54.1 Å². The molecule has 2 aromatic carbocycles. The molecule has 2 aliphatic heterocycles. The van der Waals surface area contributed by atoms with Crippen LogP contribution in [0.1, 0.15) is 79.9 Å². The van der Waals surface area contributed by atoms with Crippen LogP contribution in [0.2, 0.25) is 0 Å². The number of allylic oxidation sites excluding steroid dienone is 1. The molecular formula is C37H47N7S. The molecule has 7 rings (SSSR count). The van der Waals surface area contributed by atoms with Crippen LogP contribution in [-0.2, 0) is 26.1 Å². The smallest absolute Gasteiger partial charge is 0.152 e. The summed E-state index contributed by atoms with van der Waals surface area (Å²) in [6.45, 7) is 16.3. The van der Waals surface area contributed by atoms with Crippen molar-refractivity contribution in [3.8, 4) is 11.3 Å². The fraction of sp³-hybridized carbons (Fsp3) is 0.405.